The van der Waals surface area contributed by atoms with E-state index in [0.717, 1.165) is 25.9 Å². The minimum absolute atomic E-state index is 0.143. The Balaban J connectivity index is 2.60. The highest BCUT2D eigenvalue weighted by molar-refractivity contribution is 4.96. The van der Waals surface area contributed by atoms with Gasteiger partial charge in [-0.25, -0.2) is 0 Å². The topological polar surface area (TPSA) is 38.7 Å². The van der Waals surface area contributed by atoms with Crippen LogP contribution in [0.5, 0.6) is 0 Å². The molecule has 1 aliphatic heterocycles. The summed E-state index contributed by atoms with van der Waals surface area (Å²) >= 11 is 0. The summed E-state index contributed by atoms with van der Waals surface area (Å²) in [7, 11) is 0. The quantitative estimate of drug-likeness (QED) is 0.728. The molecule has 3 atom stereocenters. The Labute approximate surface area is 105 Å². The third-order valence-corrected chi connectivity index (χ3v) is 3.63. The molecule has 0 saturated carbocycles. The average Bonchev–Trinajstić information content (AvgIpc) is 2.35. The van der Waals surface area contributed by atoms with E-state index in [-0.39, 0.29) is 17.8 Å². The third kappa shape index (κ3) is 3.80. The van der Waals surface area contributed by atoms with Gasteiger partial charge in [0.25, 0.3) is 0 Å². The summed E-state index contributed by atoms with van der Waals surface area (Å²) in [4.78, 5) is 0. The molecule has 0 aromatic heterocycles. The van der Waals surface area contributed by atoms with Gasteiger partial charge in [-0.1, -0.05) is 26.8 Å². The van der Waals surface area contributed by atoms with E-state index in [9.17, 15) is 5.11 Å². The molecule has 0 aromatic carbocycles. The van der Waals surface area contributed by atoms with Crippen LogP contribution in [0.4, 0.5) is 0 Å². The van der Waals surface area contributed by atoms with E-state index in [0.29, 0.717) is 6.42 Å². The Morgan fingerprint density at radius 3 is 2.71 bits per heavy atom. The summed E-state index contributed by atoms with van der Waals surface area (Å²) in [6, 6.07) is 0. The molecule has 1 unspecified atom stereocenters. The van der Waals surface area contributed by atoms with Crippen LogP contribution in [0.1, 0.15) is 46.5 Å². The first-order valence-corrected chi connectivity index (χ1v) is 6.60. The van der Waals surface area contributed by atoms with Gasteiger partial charge < -0.3 is 14.6 Å². The fraction of sp³-hybridized carbons (Fsp3) is 0.857. The van der Waals surface area contributed by atoms with E-state index >= 15 is 0 Å². The number of hydrogen-bond acceptors (Lipinski definition) is 3. The van der Waals surface area contributed by atoms with E-state index in [2.05, 4.69) is 6.58 Å². The third-order valence-electron chi connectivity index (χ3n) is 3.63. The molecule has 0 bridgehead atoms. The highest BCUT2D eigenvalue weighted by Gasteiger charge is 2.36. The summed E-state index contributed by atoms with van der Waals surface area (Å²) in [5, 5.41) is 10.0. The van der Waals surface area contributed by atoms with Crippen LogP contribution in [0.3, 0.4) is 0 Å². The van der Waals surface area contributed by atoms with Crippen molar-refractivity contribution < 1.29 is 14.6 Å². The van der Waals surface area contributed by atoms with E-state index in [4.69, 9.17) is 9.47 Å². The van der Waals surface area contributed by atoms with Crippen molar-refractivity contribution in [2.75, 3.05) is 6.61 Å². The molecule has 1 heterocycles. The van der Waals surface area contributed by atoms with Crippen LogP contribution in [0, 0.1) is 5.41 Å². The van der Waals surface area contributed by atoms with Gasteiger partial charge in [0, 0.05) is 12.0 Å². The average molecular weight is 242 g/mol. The van der Waals surface area contributed by atoms with Gasteiger partial charge in [-0.15, -0.1) is 6.58 Å². The van der Waals surface area contributed by atoms with Gasteiger partial charge in [0.1, 0.15) is 0 Å². The van der Waals surface area contributed by atoms with E-state index in [1.165, 1.54) is 0 Å². The van der Waals surface area contributed by atoms with Crippen molar-refractivity contribution in [1.82, 2.24) is 0 Å². The fourth-order valence-corrected chi connectivity index (χ4v) is 2.23. The Kier molecular flexibility index (Phi) is 5.63. The number of rotatable bonds is 6. The zero-order valence-electron chi connectivity index (χ0n) is 11.3. The molecule has 3 nitrogen and oxygen atoms in total. The van der Waals surface area contributed by atoms with Crippen molar-refractivity contribution in [3.05, 3.63) is 12.7 Å². The maximum absolute atomic E-state index is 10.0. The lowest BCUT2D eigenvalue weighted by Crippen LogP contribution is -2.43. The molecule has 0 spiro atoms. The fourth-order valence-electron chi connectivity index (χ4n) is 2.23. The van der Waals surface area contributed by atoms with Gasteiger partial charge >= 0.3 is 0 Å². The largest absolute Gasteiger partial charge is 0.392 e. The number of aliphatic hydroxyl groups excluding tert-OH is 1. The maximum Gasteiger partial charge on any atom is 0.158 e. The molecule has 0 aromatic rings. The number of aliphatic hydroxyl groups is 1. The molecule has 1 rings (SSSR count). The van der Waals surface area contributed by atoms with Gasteiger partial charge in [-0.3, -0.25) is 0 Å². The second kappa shape index (κ2) is 6.53. The predicted octanol–water partition coefficient (Wildman–Crippen LogP) is 2.88. The minimum Gasteiger partial charge on any atom is -0.392 e. The smallest absolute Gasteiger partial charge is 0.158 e. The van der Waals surface area contributed by atoms with Gasteiger partial charge in [-0.05, 0) is 25.7 Å². The van der Waals surface area contributed by atoms with Gasteiger partial charge in [0.05, 0.1) is 12.2 Å². The monoisotopic (exact) mass is 242 g/mol. The summed E-state index contributed by atoms with van der Waals surface area (Å²) < 4.78 is 11.5. The molecular weight excluding hydrogens is 216 g/mol. The second-order valence-corrected chi connectivity index (χ2v) is 5.33. The molecule has 1 aliphatic rings. The van der Waals surface area contributed by atoms with Gasteiger partial charge in [0.15, 0.2) is 6.29 Å². The van der Waals surface area contributed by atoms with Crippen molar-refractivity contribution in [3.63, 3.8) is 0 Å². The molecule has 17 heavy (non-hydrogen) atoms. The van der Waals surface area contributed by atoms with Gasteiger partial charge in [0.2, 0.25) is 0 Å². The second-order valence-electron chi connectivity index (χ2n) is 5.33. The van der Waals surface area contributed by atoms with Crippen LogP contribution in [-0.4, -0.2) is 30.2 Å². The predicted molar refractivity (Wildman–Crippen MR) is 68.7 cm³/mol. The van der Waals surface area contributed by atoms with Crippen LogP contribution in [0.15, 0.2) is 12.7 Å². The normalized spacial score (nSPS) is 25.3. The highest BCUT2D eigenvalue weighted by Crippen LogP contribution is 2.32. The van der Waals surface area contributed by atoms with E-state index in [1.54, 1.807) is 6.08 Å². The first-order valence-electron chi connectivity index (χ1n) is 6.60. The van der Waals surface area contributed by atoms with Crippen LogP contribution in [0.2, 0.25) is 0 Å². The molecule has 1 fully saturated rings. The first kappa shape index (κ1) is 14.7. The molecule has 100 valence electrons. The summed E-state index contributed by atoms with van der Waals surface area (Å²) in [5.41, 5.74) is -0.336. The zero-order chi connectivity index (χ0) is 12.9. The Morgan fingerprint density at radius 1 is 1.53 bits per heavy atom. The van der Waals surface area contributed by atoms with Crippen LogP contribution >= 0.6 is 0 Å². The molecule has 0 amide bonds. The van der Waals surface area contributed by atoms with Crippen molar-refractivity contribution in [1.29, 1.82) is 0 Å². The lowest BCUT2D eigenvalue weighted by Gasteiger charge is -2.38. The Hall–Kier alpha value is -0.380. The van der Waals surface area contributed by atoms with Gasteiger partial charge in [-0.2, -0.15) is 0 Å². The number of hydrogen-bond donors (Lipinski definition) is 1. The SMILES string of the molecule is C=C[C@H](OC1CCCCO1)C(C)(C)[C@@H](O)CC. The highest BCUT2D eigenvalue weighted by atomic mass is 16.7. The lowest BCUT2D eigenvalue weighted by molar-refractivity contribution is -0.207. The summed E-state index contributed by atoms with van der Waals surface area (Å²) in [6.45, 7) is 10.6. The summed E-state index contributed by atoms with van der Waals surface area (Å²) in [6.07, 6.45) is 4.96. The standard InChI is InChI=1S/C14H26O3/c1-5-11(15)14(3,4)12(6-2)17-13-9-7-8-10-16-13/h6,11-13,15H,2,5,7-10H2,1,3-4H3/t11-,12-,13?/m0/s1. The van der Waals surface area contributed by atoms with Crippen LogP contribution in [-0.2, 0) is 9.47 Å². The Morgan fingerprint density at radius 2 is 2.24 bits per heavy atom. The zero-order valence-corrected chi connectivity index (χ0v) is 11.3. The maximum atomic E-state index is 10.0. The number of ether oxygens (including phenoxy) is 2. The van der Waals surface area contributed by atoms with Crippen molar-refractivity contribution in [2.45, 2.75) is 65.0 Å². The molecule has 0 aliphatic carbocycles. The molecule has 1 N–H and O–H groups in total. The molecule has 0 radical (unpaired) electrons. The minimum atomic E-state index is -0.394. The first-order chi connectivity index (χ1) is 8.02. The molecular formula is C14H26O3. The van der Waals surface area contributed by atoms with Crippen molar-refractivity contribution in [2.24, 2.45) is 5.41 Å². The van der Waals surface area contributed by atoms with E-state index in [1.807, 2.05) is 20.8 Å². The van der Waals surface area contributed by atoms with Crippen LogP contribution in [0.25, 0.3) is 0 Å². The van der Waals surface area contributed by atoms with E-state index < -0.39 is 6.10 Å². The summed E-state index contributed by atoms with van der Waals surface area (Å²) in [5.74, 6) is 0. The van der Waals surface area contributed by atoms with Crippen molar-refractivity contribution >= 4 is 0 Å². The lowest BCUT2D eigenvalue weighted by atomic mass is 9.79. The van der Waals surface area contributed by atoms with Crippen molar-refractivity contribution in [3.8, 4) is 0 Å². The van der Waals surface area contributed by atoms with Crippen LogP contribution < -0.4 is 0 Å². The Bertz CT molecular complexity index is 232. The molecule has 1 saturated heterocycles. The molecule has 3 heteroatoms.